The quantitative estimate of drug-likeness (QED) is 0.848. The van der Waals surface area contributed by atoms with Gasteiger partial charge in [-0.05, 0) is 42.7 Å². The molecule has 2 aliphatic carbocycles. The maximum atomic E-state index is 6.59. The highest BCUT2D eigenvalue weighted by atomic mass is 14.8. The van der Waals surface area contributed by atoms with Crippen molar-refractivity contribution in [1.29, 1.82) is 0 Å². The van der Waals surface area contributed by atoms with Crippen LogP contribution in [-0.2, 0) is 6.42 Å². The minimum atomic E-state index is 0.293. The summed E-state index contributed by atoms with van der Waals surface area (Å²) < 4.78 is 0. The third-order valence-electron chi connectivity index (χ3n) is 4.99. The third kappa shape index (κ3) is 1.79. The van der Waals surface area contributed by atoms with Crippen LogP contribution in [0.15, 0.2) is 18.3 Å². The Hall–Kier alpha value is -0.890. The van der Waals surface area contributed by atoms with E-state index in [4.69, 9.17) is 5.73 Å². The molecule has 2 atom stereocenters. The Bertz CT molecular complexity index is 407. The number of aromatic nitrogens is 1. The fourth-order valence-electron chi connectivity index (χ4n) is 3.80. The van der Waals surface area contributed by atoms with Crippen LogP contribution in [0.4, 0.5) is 0 Å². The van der Waals surface area contributed by atoms with Crippen molar-refractivity contribution >= 4 is 0 Å². The summed E-state index contributed by atoms with van der Waals surface area (Å²) in [5.74, 6) is 0.495. The van der Waals surface area contributed by atoms with Crippen molar-refractivity contribution in [3.05, 3.63) is 29.6 Å². The van der Waals surface area contributed by atoms with Crippen molar-refractivity contribution in [2.75, 3.05) is 0 Å². The summed E-state index contributed by atoms with van der Waals surface area (Å²) in [6, 6.07) is 4.55. The van der Waals surface area contributed by atoms with Crippen LogP contribution in [0.2, 0.25) is 0 Å². The lowest BCUT2D eigenvalue weighted by atomic mass is 9.74. The van der Waals surface area contributed by atoms with Gasteiger partial charge in [-0.15, -0.1) is 0 Å². The van der Waals surface area contributed by atoms with E-state index in [1.807, 2.05) is 12.3 Å². The van der Waals surface area contributed by atoms with E-state index in [0.29, 0.717) is 17.4 Å². The van der Waals surface area contributed by atoms with Gasteiger partial charge < -0.3 is 5.73 Å². The predicted molar refractivity (Wildman–Crippen MR) is 69.8 cm³/mol. The molecule has 92 valence electrons. The zero-order chi connectivity index (χ0) is 11.9. The fraction of sp³-hybridized carbons (Fsp3) is 0.667. The zero-order valence-electron chi connectivity index (χ0n) is 10.7. The van der Waals surface area contributed by atoms with Crippen molar-refractivity contribution < 1.29 is 0 Å². The van der Waals surface area contributed by atoms with Gasteiger partial charge in [-0.25, -0.2) is 0 Å². The van der Waals surface area contributed by atoms with E-state index in [9.17, 15) is 0 Å². The topological polar surface area (TPSA) is 38.9 Å². The Morgan fingerprint density at radius 1 is 1.41 bits per heavy atom. The standard InChI is InChI=1S/C15H22N2/c1-15(8-2-3-9-15)14(16)12-7-6-11-5-4-10-17-13(11)12/h4-5,10,12,14H,2-3,6-9,16H2,1H3. The molecule has 2 heteroatoms. The van der Waals surface area contributed by atoms with E-state index >= 15 is 0 Å². The molecule has 0 spiro atoms. The predicted octanol–water partition coefficient (Wildman–Crippen LogP) is 3.02. The minimum Gasteiger partial charge on any atom is -0.327 e. The van der Waals surface area contributed by atoms with Crippen molar-refractivity contribution in [2.45, 2.75) is 57.4 Å². The van der Waals surface area contributed by atoms with Gasteiger partial charge in [0.1, 0.15) is 0 Å². The molecule has 3 rings (SSSR count). The Labute approximate surface area is 104 Å². The molecule has 1 fully saturated rings. The average Bonchev–Trinajstić information content (AvgIpc) is 2.95. The van der Waals surface area contributed by atoms with E-state index in [2.05, 4.69) is 18.0 Å². The highest BCUT2D eigenvalue weighted by Crippen LogP contribution is 2.46. The van der Waals surface area contributed by atoms with E-state index in [-0.39, 0.29) is 0 Å². The number of fused-ring (bicyclic) bond motifs is 1. The molecule has 17 heavy (non-hydrogen) atoms. The molecular formula is C15H22N2. The van der Waals surface area contributed by atoms with E-state index in [1.165, 1.54) is 43.4 Å². The fourth-order valence-corrected chi connectivity index (χ4v) is 3.80. The first-order valence-corrected chi connectivity index (χ1v) is 6.90. The monoisotopic (exact) mass is 230 g/mol. The molecule has 0 amide bonds. The second kappa shape index (κ2) is 4.09. The summed E-state index contributed by atoms with van der Waals surface area (Å²) in [6.45, 7) is 2.38. The summed E-state index contributed by atoms with van der Waals surface area (Å²) >= 11 is 0. The van der Waals surface area contributed by atoms with Crippen LogP contribution < -0.4 is 5.73 Å². The second-order valence-electron chi connectivity index (χ2n) is 6.08. The molecule has 0 aromatic carbocycles. The SMILES string of the molecule is CC1(C(N)C2CCc3cccnc32)CCCC1. The molecule has 1 aromatic heterocycles. The summed E-state index contributed by atoms with van der Waals surface area (Å²) in [6.07, 6.45) is 9.58. The number of nitrogens with two attached hydrogens (primary N) is 1. The van der Waals surface area contributed by atoms with Gasteiger partial charge in [-0.2, -0.15) is 0 Å². The molecule has 2 nitrogen and oxygen atoms in total. The number of rotatable bonds is 2. The minimum absolute atomic E-state index is 0.293. The lowest BCUT2D eigenvalue weighted by Crippen LogP contribution is -2.42. The van der Waals surface area contributed by atoms with Crippen LogP contribution >= 0.6 is 0 Å². The Balaban J connectivity index is 1.86. The summed E-state index contributed by atoms with van der Waals surface area (Å²) in [4.78, 5) is 4.58. The van der Waals surface area contributed by atoms with Crippen molar-refractivity contribution in [3.8, 4) is 0 Å². The Morgan fingerprint density at radius 2 is 2.18 bits per heavy atom. The first-order chi connectivity index (χ1) is 8.21. The molecule has 2 unspecified atom stereocenters. The van der Waals surface area contributed by atoms with Crippen LogP contribution in [0.25, 0.3) is 0 Å². The highest BCUT2D eigenvalue weighted by molar-refractivity contribution is 5.30. The Kier molecular flexibility index (Phi) is 2.70. The number of hydrogen-bond acceptors (Lipinski definition) is 2. The lowest BCUT2D eigenvalue weighted by Gasteiger charge is -2.35. The van der Waals surface area contributed by atoms with Gasteiger partial charge >= 0.3 is 0 Å². The van der Waals surface area contributed by atoms with Gasteiger partial charge in [0.2, 0.25) is 0 Å². The third-order valence-corrected chi connectivity index (χ3v) is 4.99. The van der Waals surface area contributed by atoms with Crippen LogP contribution in [0, 0.1) is 5.41 Å². The lowest BCUT2D eigenvalue weighted by molar-refractivity contribution is 0.228. The Morgan fingerprint density at radius 3 is 2.94 bits per heavy atom. The van der Waals surface area contributed by atoms with E-state index in [0.717, 1.165) is 6.42 Å². The van der Waals surface area contributed by atoms with E-state index in [1.54, 1.807) is 0 Å². The molecule has 0 saturated heterocycles. The van der Waals surface area contributed by atoms with Crippen LogP contribution in [-0.4, -0.2) is 11.0 Å². The normalized spacial score (nSPS) is 28.0. The first-order valence-electron chi connectivity index (χ1n) is 6.90. The number of aryl methyl sites for hydroxylation is 1. The summed E-state index contributed by atoms with van der Waals surface area (Å²) in [5, 5.41) is 0. The molecule has 0 bridgehead atoms. The molecule has 1 heterocycles. The van der Waals surface area contributed by atoms with Crippen LogP contribution in [0.3, 0.4) is 0 Å². The molecular weight excluding hydrogens is 208 g/mol. The van der Waals surface area contributed by atoms with Crippen molar-refractivity contribution in [2.24, 2.45) is 11.1 Å². The van der Waals surface area contributed by atoms with Gasteiger partial charge in [0.15, 0.2) is 0 Å². The number of nitrogens with zero attached hydrogens (tertiary/aromatic N) is 1. The largest absolute Gasteiger partial charge is 0.327 e. The first kappa shape index (κ1) is 11.2. The molecule has 2 aliphatic rings. The number of hydrogen-bond donors (Lipinski definition) is 1. The molecule has 0 radical (unpaired) electrons. The molecule has 1 saturated carbocycles. The number of pyridine rings is 1. The summed E-state index contributed by atoms with van der Waals surface area (Å²) in [7, 11) is 0. The van der Waals surface area contributed by atoms with Gasteiger partial charge in [-0.1, -0.05) is 25.8 Å². The van der Waals surface area contributed by atoms with Gasteiger partial charge in [-0.3, -0.25) is 4.98 Å². The van der Waals surface area contributed by atoms with Gasteiger partial charge in [0, 0.05) is 23.9 Å². The maximum absolute atomic E-state index is 6.59. The zero-order valence-corrected chi connectivity index (χ0v) is 10.7. The molecule has 0 aliphatic heterocycles. The molecule has 2 N–H and O–H groups in total. The smallest absolute Gasteiger partial charge is 0.0482 e. The average molecular weight is 230 g/mol. The van der Waals surface area contributed by atoms with Crippen molar-refractivity contribution in [1.82, 2.24) is 4.98 Å². The van der Waals surface area contributed by atoms with Crippen LogP contribution in [0.5, 0.6) is 0 Å². The van der Waals surface area contributed by atoms with Gasteiger partial charge in [0.05, 0.1) is 0 Å². The van der Waals surface area contributed by atoms with E-state index < -0.39 is 0 Å². The summed E-state index contributed by atoms with van der Waals surface area (Å²) in [5.41, 5.74) is 9.66. The molecule has 1 aromatic rings. The maximum Gasteiger partial charge on any atom is 0.0482 e. The second-order valence-corrected chi connectivity index (χ2v) is 6.08. The van der Waals surface area contributed by atoms with Crippen molar-refractivity contribution in [3.63, 3.8) is 0 Å². The van der Waals surface area contributed by atoms with Crippen LogP contribution in [0.1, 0.15) is 56.2 Å². The highest BCUT2D eigenvalue weighted by Gasteiger charge is 2.41. The van der Waals surface area contributed by atoms with Gasteiger partial charge in [0.25, 0.3) is 0 Å².